The van der Waals surface area contributed by atoms with Crippen LogP contribution >= 0.6 is 0 Å². The lowest BCUT2D eigenvalue weighted by Crippen LogP contribution is -2.57. The Kier molecular flexibility index (Phi) is 8.15. The van der Waals surface area contributed by atoms with Crippen LogP contribution in [-0.4, -0.2) is 51.1 Å². The van der Waals surface area contributed by atoms with Crippen LogP contribution in [0.5, 0.6) is 0 Å². The highest BCUT2D eigenvalue weighted by atomic mass is 16.7. The van der Waals surface area contributed by atoms with Crippen molar-refractivity contribution in [3.63, 3.8) is 0 Å². The third-order valence-electron chi connectivity index (χ3n) is 7.44. The molecule has 2 aliphatic carbocycles. The summed E-state index contributed by atoms with van der Waals surface area (Å²) in [4.78, 5) is 0. The fourth-order valence-corrected chi connectivity index (χ4v) is 5.73. The van der Waals surface area contributed by atoms with Crippen molar-refractivity contribution < 1.29 is 29.9 Å². The van der Waals surface area contributed by atoms with Gasteiger partial charge in [-0.1, -0.05) is 31.6 Å². The first-order chi connectivity index (χ1) is 15.4. The van der Waals surface area contributed by atoms with E-state index in [1.807, 2.05) is 6.92 Å². The zero-order chi connectivity index (χ0) is 24.6. The van der Waals surface area contributed by atoms with E-state index in [0.717, 1.165) is 18.4 Å². The highest BCUT2D eigenvalue weighted by Crippen LogP contribution is 2.50. The smallest absolute Gasteiger partial charge is 0.229 e. The van der Waals surface area contributed by atoms with Crippen LogP contribution in [0, 0.1) is 23.7 Å². The fraction of sp³-hybridized carbons (Fsp3) is 0.704. The van der Waals surface area contributed by atoms with Crippen molar-refractivity contribution in [1.82, 2.24) is 0 Å². The van der Waals surface area contributed by atoms with Crippen LogP contribution in [0.1, 0.15) is 67.7 Å². The second kappa shape index (κ2) is 10.3. The van der Waals surface area contributed by atoms with Crippen molar-refractivity contribution in [3.05, 3.63) is 46.0 Å². The number of aliphatic hydroxyl groups is 4. The minimum Gasteiger partial charge on any atom is -0.509 e. The Morgan fingerprint density at radius 1 is 1.00 bits per heavy atom. The molecular weight excluding hydrogens is 420 g/mol. The molecule has 3 rings (SSSR count). The molecule has 1 aliphatic heterocycles. The summed E-state index contributed by atoms with van der Waals surface area (Å²) in [5.41, 5.74) is 4.57. The molecule has 1 saturated carbocycles. The standard InChI is InChI=1S/C27H42O6/c1-13(2)10-19-12-15(4)20-9-8-14(3)11-21(20)22(19)16(5)26(17(6)28)33-27-25(31)24(30)23(29)18(7)32-27/h10-11,14-15,18-20,23-25,27-31H,8-9,12H2,1-7H3/b22-16-,26-17-/t14-,15-,18-,19-,20?,23+,24+,25+,27-/m0/s1. The van der Waals surface area contributed by atoms with Crippen LogP contribution in [-0.2, 0) is 9.47 Å². The molecule has 186 valence electrons. The minimum atomic E-state index is -1.44. The third-order valence-corrected chi connectivity index (χ3v) is 7.44. The minimum absolute atomic E-state index is 0.0142. The maximum atomic E-state index is 10.6. The second-order valence-electron chi connectivity index (χ2n) is 10.6. The Bertz CT molecular complexity index is 845. The molecule has 1 unspecified atom stereocenters. The van der Waals surface area contributed by atoms with Crippen molar-refractivity contribution in [1.29, 1.82) is 0 Å². The van der Waals surface area contributed by atoms with Gasteiger partial charge in [-0.25, -0.2) is 0 Å². The number of rotatable bonds is 4. The van der Waals surface area contributed by atoms with Gasteiger partial charge in [0.05, 0.1) is 6.10 Å². The first-order valence-electron chi connectivity index (χ1n) is 12.3. The van der Waals surface area contributed by atoms with Gasteiger partial charge in [0.1, 0.15) is 24.1 Å². The summed E-state index contributed by atoms with van der Waals surface area (Å²) in [5, 5.41) is 41.3. The van der Waals surface area contributed by atoms with Crippen LogP contribution < -0.4 is 0 Å². The molecule has 3 aliphatic rings. The molecule has 33 heavy (non-hydrogen) atoms. The van der Waals surface area contributed by atoms with E-state index in [4.69, 9.17) is 9.47 Å². The molecule has 0 aromatic heterocycles. The van der Waals surface area contributed by atoms with Gasteiger partial charge in [0.2, 0.25) is 6.29 Å². The van der Waals surface area contributed by atoms with Gasteiger partial charge in [0.15, 0.2) is 5.76 Å². The van der Waals surface area contributed by atoms with E-state index in [1.165, 1.54) is 23.1 Å². The summed E-state index contributed by atoms with van der Waals surface area (Å²) < 4.78 is 11.7. The van der Waals surface area contributed by atoms with Crippen molar-refractivity contribution in [3.8, 4) is 0 Å². The van der Waals surface area contributed by atoms with Crippen molar-refractivity contribution in [2.24, 2.45) is 23.7 Å². The molecule has 0 bridgehead atoms. The molecule has 1 saturated heterocycles. The zero-order valence-electron chi connectivity index (χ0n) is 21.1. The molecule has 9 atom stereocenters. The summed E-state index contributed by atoms with van der Waals surface area (Å²) in [6, 6.07) is 0. The zero-order valence-corrected chi connectivity index (χ0v) is 21.1. The van der Waals surface area contributed by atoms with Crippen LogP contribution in [0.2, 0.25) is 0 Å². The largest absolute Gasteiger partial charge is 0.509 e. The molecule has 2 fully saturated rings. The average Bonchev–Trinajstić information content (AvgIpc) is 2.72. The molecule has 0 spiro atoms. The quantitative estimate of drug-likeness (QED) is 0.362. The fourth-order valence-electron chi connectivity index (χ4n) is 5.73. The highest BCUT2D eigenvalue weighted by molar-refractivity contribution is 5.49. The predicted molar refractivity (Wildman–Crippen MR) is 128 cm³/mol. The van der Waals surface area contributed by atoms with Gasteiger partial charge in [-0.15, -0.1) is 0 Å². The number of hydrogen-bond acceptors (Lipinski definition) is 6. The van der Waals surface area contributed by atoms with Gasteiger partial charge in [-0.2, -0.15) is 0 Å². The number of allylic oxidation sites excluding steroid dienone is 7. The Hall–Kier alpha value is -1.60. The number of fused-ring (bicyclic) bond motifs is 1. The van der Waals surface area contributed by atoms with Crippen molar-refractivity contribution in [2.75, 3.05) is 0 Å². The monoisotopic (exact) mass is 462 g/mol. The van der Waals surface area contributed by atoms with E-state index in [1.54, 1.807) is 13.8 Å². The van der Waals surface area contributed by atoms with Gasteiger partial charge in [0.25, 0.3) is 0 Å². The van der Waals surface area contributed by atoms with E-state index in [2.05, 4.69) is 39.8 Å². The lowest BCUT2D eigenvalue weighted by Gasteiger charge is -2.43. The van der Waals surface area contributed by atoms with Gasteiger partial charge in [-0.05, 0) is 88.4 Å². The maximum Gasteiger partial charge on any atom is 0.229 e. The van der Waals surface area contributed by atoms with Crippen LogP contribution in [0.4, 0.5) is 0 Å². The number of aliphatic hydroxyl groups excluding tert-OH is 4. The first-order valence-corrected chi connectivity index (χ1v) is 12.3. The Morgan fingerprint density at radius 2 is 1.67 bits per heavy atom. The van der Waals surface area contributed by atoms with Gasteiger partial charge in [0, 0.05) is 5.92 Å². The topological polar surface area (TPSA) is 99.4 Å². The Labute approximate surface area is 198 Å². The van der Waals surface area contributed by atoms with E-state index in [0.29, 0.717) is 17.8 Å². The van der Waals surface area contributed by atoms with Gasteiger partial charge in [-0.3, -0.25) is 0 Å². The van der Waals surface area contributed by atoms with E-state index in [9.17, 15) is 20.4 Å². The summed E-state index contributed by atoms with van der Waals surface area (Å²) in [6.45, 7) is 13.9. The van der Waals surface area contributed by atoms with Crippen molar-refractivity contribution in [2.45, 2.75) is 98.4 Å². The lowest BCUT2D eigenvalue weighted by atomic mass is 9.63. The third kappa shape index (κ3) is 5.40. The molecule has 0 aromatic rings. The molecule has 0 aromatic carbocycles. The summed E-state index contributed by atoms with van der Waals surface area (Å²) in [5.74, 6) is 1.96. The molecule has 0 amide bonds. The Morgan fingerprint density at radius 3 is 2.27 bits per heavy atom. The summed E-state index contributed by atoms with van der Waals surface area (Å²) >= 11 is 0. The molecule has 4 N–H and O–H groups in total. The lowest BCUT2D eigenvalue weighted by molar-refractivity contribution is -0.282. The molecule has 1 heterocycles. The normalized spacial score (nSPS) is 41.4. The second-order valence-corrected chi connectivity index (χ2v) is 10.6. The molecular formula is C27H42O6. The maximum absolute atomic E-state index is 10.6. The SMILES string of the molecule is CC(C)=C[C@H]1C[C@H](C)C2CC[C@H](C)C=C2/C1=C(C)\C(O[C@@H]1O[C@@H](C)[C@@H](O)[C@@H](O)[C@H]1O)=C(/C)O. The average molecular weight is 463 g/mol. The van der Waals surface area contributed by atoms with Crippen LogP contribution in [0.3, 0.4) is 0 Å². The van der Waals surface area contributed by atoms with Crippen molar-refractivity contribution >= 4 is 0 Å². The number of hydrogen-bond donors (Lipinski definition) is 4. The van der Waals surface area contributed by atoms with E-state index in [-0.39, 0.29) is 17.4 Å². The van der Waals surface area contributed by atoms with Gasteiger partial charge >= 0.3 is 0 Å². The molecule has 6 heteroatoms. The summed E-state index contributed by atoms with van der Waals surface area (Å²) in [6.07, 6.45) is 2.06. The highest BCUT2D eigenvalue weighted by Gasteiger charge is 2.44. The summed E-state index contributed by atoms with van der Waals surface area (Å²) in [7, 11) is 0. The van der Waals surface area contributed by atoms with E-state index < -0.39 is 30.7 Å². The first kappa shape index (κ1) is 26.0. The predicted octanol–water partition coefficient (Wildman–Crippen LogP) is 4.53. The van der Waals surface area contributed by atoms with E-state index >= 15 is 0 Å². The Balaban J connectivity index is 2.07. The van der Waals surface area contributed by atoms with Crippen LogP contribution in [0.25, 0.3) is 0 Å². The molecule has 0 radical (unpaired) electrons. The number of ether oxygens (including phenoxy) is 2. The molecule has 6 nitrogen and oxygen atoms in total. The van der Waals surface area contributed by atoms with Gasteiger partial charge < -0.3 is 29.9 Å². The van der Waals surface area contributed by atoms with Crippen LogP contribution in [0.15, 0.2) is 46.0 Å².